The molecule has 0 N–H and O–H groups in total. The van der Waals surface area contributed by atoms with Crippen molar-refractivity contribution in [2.75, 3.05) is 20.2 Å². The van der Waals surface area contributed by atoms with Gasteiger partial charge < -0.3 is 14.4 Å². The van der Waals surface area contributed by atoms with Gasteiger partial charge in [0.25, 0.3) is 0 Å². The molecule has 3 aromatic rings. The fourth-order valence-electron chi connectivity index (χ4n) is 3.90. The van der Waals surface area contributed by atoms with E-state index in [2.05, 4.69) is 15.0 Å². The molecule has 1 aliphatic heterocycles. The largest absolute Gasteiger partial charge is 0.465 e. The Hall–Kier alpha value is -4.01. The van der Waals surface area contributed by atoms with E-state index in [9.17, 15) is 14.0 Å². The molecule has 0 spiro atoms. The maximum atomic E-state index is 14.5. The first kappa shape index (κ1) is 25.1. The molecule has 0 aliphatic carbocycles. The van der Waals surface area contributed by atoms with E-state index < -0.39 is 17.4 Å². The summed E-state index contributed by atoms with van der Waals surface area (Å²) >= 11 is 0. The lowest BCUT2D eigenvalue weighted by molar-refractivity contribution is 0.0270. The Balaban J connectivity index is 1.45. The summed E-state index contributed by atoms with van der Waals surface area (Å²) in [5, 5.41) is 8.39. The van der Waals surface area contributed by atoms with Crippen molar-refractivity contribution in [2.24, 2.45) is 0 Å². The number of halogens is 1. The lowest BCUT2D eigenvalue weighted by Gasteiger charge is -2.29. The zero-order chi connectivity index (χ0) is 25.9. The van der Waals surface area contributed by atoms with E-state index in [0.29, 0.717) is 24.3 Å². The van der Waals surface area contributed by atoms with Gasteiger partial charge >= 0.3 is 12.1 Å². The van der Waals surface area contributed by atoms with Gasteiger partial charge in [0.2, 0.25) is 0 Å². The molecule has 0 saturated carbocycles. The SMILES string of the molecule is COC(=O)c1ccc(Cn2cc(-c3cccc(C4=CCN(C(=O)OC(C)(C)C)CC4)c3)nn2)c(F)c1. The predicted molar refractivity (Wildman–Crippen MR) is 133 cm³/mol. The molecule has 1 amide bonds. The first-order valence-corrected chi connectivity index (χ1v) is 11.7. The van der Waals surface area contributed by atoms with E-state index in [0.717, 1.165) is 29.2 Å². The maximum Gasteiger partial charge on any atom is 0.410 e. The average molecular weight is 493 g/mol. The molecule has 1 aromatic heterocycles. The number of methoxy groups -OCH3 is 1. The molecule has 0 unspecified atom stereocenters. The molecule has 9 heteroatoms. The number of rotatable bonds is 5. The normalized spacial score (nSPS) is 13.8. The van der Waals surface area contributed by atoms with Crippen LogP contribution in [-0.4, -0.2) is 57.8 Å². The van der Waals surface area contributed by atoms with Crippen molar-refractivity contribution in [1.29, 1.82) is 0 Å². The van der Waals surface area contributed by atoms with Crippen molar-refractivity contribution in [3.05, 3.63) is 77.2 Å². The number of nitrogens with zero attached hydrogens (tertiary/aromatic N) is 4. The summed E-state index contributed by atoms with van der Waals surface area (Å²) in [5.74, 6) is -1.10. The maximum absolute atomic E-state index is 14.5. The number of aromatic nitrogens is 3. The first-order valence-electron chi connectivity index (χ1n) is 11.7. The fourth-order valence-corrected chi connectivity index (χ4v) is 3.90. The molecule has 2 heterocycles. The van der Waals surface area contributed by atoms with Crippen LogP contribution in [0.3, 0.4) is 0 Å². The van der Waals surface area contributed by atoms with Crippen molar-refractivity contribution in [3.63, 3.8) is 0 Å². The van der Waals surface area contributed by atoms with Crippen LogP contribution in [0.1, 0.15) is 48.7 Å². The number of carbonyl (C=O) groups is 2. The Bertz CT molecular complexity index is 1310. The van der Waals surface area contributed by atoms with E-state index in [1.165, 1.54) is 13.2 Å². The highest BCUT2D eigenvalue weighted by atomic mass is 19.1. The molecule has 0 radical (unpaired) electrons. The predicted octanol–water partition coefficient (Wildman–Crippen LogP) is 4.94. The highest BCUT2D eigenvalue weighted by Crippen LogP contribution is 2.27. The molecular weight excluding hydrogens is 463 g/mol. The van der Waals surface area contributed by atoms with Gasteiger partial charge in [0, 0.05) is 24.2 Å². The number of ether oxygens (including phenoxy) is 2. The third-order valence-electron chi connectivity index (χ3n) is 5.74. The van der Waals surface area contributed by atoms with Gasteiger partial charge in [-0.1, -0.05) is 35.6 Å². The van der Waals surface area contributed by atoms with Crippen LogP contribution in [0.5, 0.6) is 0 Å². The molecule has 2 aromatic carbocycles. The standard InChI is InChI=1S/C27H29FN4O4/c1-27(2,3)36-26(34)31-12-10-18(11-13-31)19-6-5-7-20(14-19)24-17-32(30-29-24)16-22-9-8-21(15-23(22)28)25(33)35-4/h5-10,14-15,17H,11-13,16H2,1-4H3. The summed E-state index contributed by atoms with van der Waals surface area (Å²) in [6.07, 6.45) is 4.21. The molecule has 0 fully saturated rings. The van der Waals surface area contributed by atoms with Crippen LogP contribution in [0.4, 0.5) is 9.18 Å². The summed E-state index contributed by atoms with van der Waals surface area (Å²) in [6.45, 7) is 6.82. The lowest BCUT2D eigenvalue weighted by Crippen LogP contribution is -2.39. The minimum Gasteiger partial charge on any atom is -0.465 e. The van der Waals surface area contributed by atoms with Crippen LogP contribution in [0.2, 0.25) is 0 Å². The zero-order valence-corrected chi connectivity index (χ0v) is 20.8. The molecule has 0 atom stereocenters. The second kappa shape index (κ2) is 10.3. The van der Waals surface area contributed by atoms with Crippen LogP contribution in [0.25, 0.3) is 16.8 Å². The third-order valence-corrected chi connectivity index (χ3v) is 5.74. The molecule has 8 nitrogen and oxygen atoms in total. The highest BCUT2D eigenvalue weighted by molar-refractivity contribution is 5.89. The monoisotopic (exact) mass is 492 g/mol. The van der Waals surface area contributed by atoms with Crippen LogP contribution >= 0.6 is 0 Å². The average Bonchev–Trinajstić information content (AvgIpc) is 3.32. The number of amides is 1. The van der Waals surface area contributed by atoms with Gasteiger partial charge in [-0.2, -0.15) is 0 Å². The summed E-state index contributed by atoms with van der Waals surface area (Å²) in [5.41, 5.74) is 3.76. The molecule has 188 valence electrons. The molecule has 1 aliphatic rings. The van der Waals surface area contributed by atoms with Crippen molar-refractivity contribution in [1.82, 2.24) is 19.9 Å². The summed E-state index contributed by atoms with van der Waals surface area (Å²) in [4.78, 5) is 25.6. The van der Waals surface area contributed by atoms with Gasteiger partial charge in [-0.25, -0.2) is 18.7 Å². The lowest BCUT2D eigenvalue weighted by atomic mass is 9.97. The van der Waals surface area contributed by atoms with Gasteiger partial charge in [0.1, 0.15) is 17.1 Å². The van der Waals surface area contributed by atoms with E-state index in [-0.39, 0.29) is 18.2 Å². The van der Waals surface area contributed by atoms with Crippen LogP contribution < -0.4 is 0 Å². The number of carbonyl (C=O) groups excluding carboxylic acids is 2. The van der Waals surface area contributed by atoms with Crippen LogP contribution in [0, 0.1) is 5.82 Å². The number of hydrogen-bond donors (Lipinski definition) is 0. The minimum absolute atomic E-state index is 0.154. The van der Waals surface area contributed by atoms with Gasteiger partial charge in [-0.15, -0.1) is 5.10 Å². The topological polar surface area (TPSA) is 86.5 Å². The number of benzene rings is 2. The Kier molecular flexibility index (Phi) is 7.19. The van der Waals surface area contributed by atoms with Gasteiger partial charge in [-0.05, 0) is 56.5 Å². The minimum atomic E-state index is -0.589. The summed E-state index contributed by atoms with van der Waals surface area (Å²) in [7, 11) is 1.25. The zero-order valence-electron chi connectivity index (χ0n) is 20.8. The van der Waals surface area contributed by atoms with E-state index in [1.54, 1.807) is 21.8 Å². The van der Waals surface area contributed by atoms with Crippen molar-refractivity contribution in [2.45, 2.75) is 39.3 Å². The van der Waals surface area contributed by atoms with E-state index in [4.69, 9.17) is 4.74 Å². The number of hydrogen-bond acceptors (Lipinski definition) is 6. The Morgan fingerprint density at radius 1 is 1.11 bits per heavy atom. The number of esters is 1. The Morgan fingerprint density at radius 3 is 2.56 bits per heavy atom. The Morgan fingerprint density at radius 2 is 1.89 bits per heavy atom. The summed E-state index contributed by atoms with van der Waals surface area (Å²) in [6, 6.07) is 12.2. The van der Waals surface area contributed by atoms with Crippen molar-refractivity contribution < 1.29 is 23.5 Å². The highest BCUT2D eigenvalue weighted by Gasteiger charge is 2.24. The van der Waals surface area contributed by atoms with Gasteiger partial charge in [-0.3, -0.25) is 0 Å². The van der Waals surface area contributed by atoms with Gasteiger partial charge in [0.05, 0.1) is 25.4 Å². The molecule has 36 heavy (non-hydrogen) atoms. The Labute approximate surface area is 209 Å². The smallest absolute Gasteiger partial charge is 0.410 e. The second-order valence-electron chi connectivity index (χ2n) is 9.59. The molecule has 0 bridgehead atoms. The summed E-state index contributed by atoms with van der Waals surface area (Å²) < 4.78 is 26.1. The van der Waals surface area contributed by atoms with E-state index in [1.807, 2.05) is 51.1 Å². The van der Waals surface area contributed by atoms with E-state index >= 15 is 0 Å². The van der Waals surface area contributed by atoms with Crippen molar-refractivity contribution in [3.8, 4) is 11.3 Å². The first-order chi connectivity index (χ1) is 17.1. The third kappa shape index (κ3) is 5.97. The fraction of sp³-hybridized carbons (Fsp3) is 0.333. The molecule has 4 rings (SSSR count). The van der Waals surface area contributed by atoms with Crippen LogP contribution in [0.15, 0.2) is 54.7 Å². The van der Waals surface area contributed by atoms with Crippen LogP contribution in [-0.2, 0) is 16.0 Å². The van der Waals surface area contributed by atoms with Gasteiger partial charge in [0.15, 0.2) is 0 Å². The second-order valence-corrected chi connectivity index (χ2v) is 9.59. The molecular formula is C27H29FN4O4. The molecule has 0 saturated heterocycles. The van der Waals surface area contributed by atoms with Crippen molar-refractivity contribution >= 4 is 17.6 Å². The quantitative estimate of drug-likeness (QED) is 0.469.